The number of carbonyl (C=O) groups excluding carboxylic acids is 1. The van der Waals surface area contributed by atoms with Crippen LogP contribution in [0.3, 0.4) is 0 Å². The van der Waals surface area contributed by atoms with Gasteiger partial charge in [0.25, 0.3) is 0 Å². The lowest BCUT2D eigenvalue weighted by atomic mass is 10.1. The van der Waals surface area contributed by atoms with Crippen LogP contribution >= 0.6 is 12.4 Å². The molecule has 8 nitrogen and oxygen atoms in total. The van der Waals surface area contributed by atoms with Gasteiger partial charge in [0, 0.05) is 32.7 Å². The van der Waals surface area contributed by atoms with E-state index in [9.17, 15) is 13.2 Å². The van der Waals surface area contributed by atoms with Crippen molar-refractivity contribution in [1.29, 1.82) is 0 Å². The van der Waals surface area contributed by atoms with Crippen LogP contribution in [0.1, 0.15) is 12.0 Å². The number of rotatable bonds is 6. The van der Waals surface area contributed by atoms with Gasteiger partial charge in [0.05, 0.1) is 26.7 Å². The van der Waals surface area contributed by atoms with Gasteiger partial charge in [0.1, 0.15) is 10.6 Å². The second-order valence-electron chi connectivity index (χ2n) is 6.83. The number of amides is 1. The maximum absolute atomic E-state index is 13.0. The van der Waals surface area contributed by atoms with Gasteiger partial charge in [-0.1, -0.05) is 6.07 Å². The molecule has 0 spiro atoms. The summed E-state index contributed by atoms with van der Waals surface area (Å²) < 4.78 is 38.0. The summed E-state index contributed by atoms with van der Waals surface area (Å²) in [5.41, 5.74) is 0.658. The van der Waals surface area contributed by atoms with E-state index in [1.165, 1.54) is 11.4 Å². The second kappa shape index (κ2) is 9.89. The van der Waals surface area contributed by atoms with Crippen molar-refractivity contribution in [1.82, 2.24) is 14.5 Å². The fraction of sp³-hybridized carbons (Fsp3) is 0.611. The highest BCUT2D eigenvalue weighted by Crippen LogP contribution is 2.28. The summed E-state index contributed by atoms with van der Waals surface area (Å²) in [5, 5.41) is 3.25. The molecule has 1 aromatic carbocycles. The van der Waals surface area contributed by atoms with Gasteiger partial charge in [0.15, 0.2) is 0 Å². The van der Waals surface area contributed by atoms with Gasteiger partial charge < -0.3 is 19.7 Å². The molecule has 2 aliphatic heterocycles. The number of sulfonamides is 1. The van der Waals surface area contributed by atoms with Gasteiger partial charge in [-0.2, -0.15) is 4.31 Å². The Morgan fingerprint density at radius 2 is 2.07 bits per heavy atom. The van der Waals surface area contributed by atoms with Gasteiger partial charge in [0.2, 0.25) is 15.9 Å². The molecule has 1 atom stereocenters. The Hall–Kier alpha value is -1.39. The van der Waals surface area contributed by atoms with E-state index in [-0.39, 0.29) is 41.4 Å². The van der Waals surface area contributed by atoms with Crippen molar-refractivity contribution in [3.63, 3.8) is 0 Å². The van der Waals surface area contributed by atoms with E-state index >= 15 is 0 Å². The van der Waals surface area contributed by atoms with Crippen LogP contribution in [0.25, 0.3) is 0 Å². The Balaban J connectivity index is 0.00000280. The lowest BCUT2D eigenvalue weighted by Gasteiger charge is -2.27. The molecule has 1 aromatic rings. The normalized spacial score (nSPS) is 20.4. The van der Waals surface area contributed by atoms with Gasteiger partial charge in [-0.05, 0) is 30.7 Å². The lowest BCUT2D eigenvalue weighted by molar-refractivity contribution is -0.130. The molecule has 2 heterocycles. The molecular weight excluding hydrogens is 406 g/mol. The molecule has 2 fully saturated rings. The average Bonchev–Trinajstić information content (AvgIpc) is 3.22. The Bertz CT molecular complexity index is 777. The number of hydrogen-bond acceptors (Lipinski definition) is 6. The molecule has 0 aliphatic carbocycles. The van der Waals surface area contributed by atoms with Crippen molar-refractivity contribution >= 4 is 28.3 Å². The van der Waals surface area contributed by atoms with Crippen molar-refractivity contribution in [2.75, 3.05) is 53.6 Å². The van der Waals surface area contributed by atoms with Crippen LogP contribution in [0, 0.1) is 0 Å². The second-order valence-corrected chi connectivity index (χ2v) is 8.74. The third-order valence-corrected chi connectivity index (χ3v) is 7.07. The summed E-state index contributed by atoms with van der Waals surface area (Å²) in [6.45, 7) is 3.08. The standard InChI is InChI=1S/C18H27N3O5S.ClH/c1-20(15-5-6-19-13-15)18(22)12-14-3-4-16(25-2)17(11-14)27(23,24)21-7-9-26-10-8-21;/h3-4,11,15,19H,5-10,12-13H2,1-2H3;1H. The molecule has 1 unspecified atom stereocenters. The molecule has 0 aromatic heterocycles. The van der Waals surface area contributed by atoms with Gasteiger partial charge in [-0.15, -0.1) is 12.4 Å². The molecular formula is C18H28ClN3O5S. The Kier molecular flexibility index (Phi) is 8.08. The first-order chi connectivity index (χ1) is 12.9. The molecule has 1 N–H and O–H groups in total. The maximum Gasteiger partial charge on any atom is 0.246 e. The number of benzene rings is 1. The van der Waals surface area contributed by atoms with Crippen LogP contribution in [0.4, 0.5) is 0 Å². The smallest absolute Gasteiger partial charge is 0.246 e. The molecule has 0 saturated carbocycles. The van der Waals surface area contributed by atoms with E-state index in [2.05, 4.69) is 5.32 Å². The van der Waals surface area contributed by atoms with E-state index in [0.717, 1.165) is 19.5 Å². The lowest BCUT2D eigenvalue weighted by Crippen LogP contribution is -2.41. The number of likely N-dealkylation sites (N-methyl/N-ethyl adjacent to an activating group) is 1. The number of nitrogens with zero attached hydrogens (tertiary/aromatic N) is 2. The summed E-state index contributed by atoms with van der Waals surface area (Å²) in [5.74, 6) is 0.259. The molecule has 10 heteroatoms. The third kappa shape index (κ3) is 4.96. The van der Waals surface area contributed by atoms with Crippen LogP contribution in [0.5, 0.6) is 5.75 Å². The Labute approximate surface area is 172 Å². The molecule has 0 bridgehead atoms. The zero-order valence-electron chi connectivity index (χ0n) is 16.2. The molecule has 2 aliphatic rings. The summed E-state index contributed by atoms with van der Waals surface area (Å²) >= 11 is 0. The minimum absolute atomic E-state index is 0. The monoisotopic (exact) mass is 433 g/mol. The molecule has 28 heavy (non-hydrogen) atoms. The summed E-state index contributed by atoms with van der Waals surface area (Å²) in [4.78, 5) is 14.5. The van der Waals surface area contributed by atoms with E-state index < -0.39 is 10.0 Å². The quantitative estimate of drug-likeness (QED) is 0.703. The Morgan fingerprint density at radius 3 is 2.68 bits per heavy atom. The Morgan fingerprint density at radius 1 is 1.36 bits per heavy atom. The van der Waals surface area contributed by atoms with E-state index in [1.54, 1.807) is 30.1 Å². The van der Waals surface area contributed by atoms with E-state index in [1.807, 2.05) is 0 Å². The number of nitrogens with one attached hydrogen (secondary N) is 1. The molecule has 3 rings (SSSR count). The average molecular weight is 434 g/mol. The van der Waals surface area contributed by atoms with Crippen LogP contribution < -0.4 is 10.1 Å². The number of ether oxygens (including phenoxy) is 2. The maximum atomic E-state index is 13.0. The van der Waals surface area contributed by atoms with Gasteiger partial charge >= 0.3 is 0 Å². The fourth-order valence-corrected chi connectivity index (χ4v) is 5.05. The van der Waals surface area contributed by atoms with Crippen LogP contribution in [-0.2, 0) is 26.0 Å². The van der Waals surface area contributed by atoms with Crippen molar-refractivity contribution in [3.8, 4) is 5.75 Å². The molecule has 2 saturated heterocycles. The minimum Gasteiger partial charge on any atom is -0.495 e. The number of methoxy groups -OCH3 is 1. The third-order valence-electron chi connectivity index (χ3n) is 5.15. The van der Waals surface area contributed by atoms with E-state index in [4.69, 9.17) is 9.47 Å². The van der Waals surface area contributed by atoms with Crippen LogP contribution in [-0.4, -0.2) is 83.1 Å². The van der Waals surface area contributed by atoms with E-state index in [0.29, 0.717) is 31.9 Å². The first kappa shape index (κ1) is 22.9. The predicted molar refractivity (Wildman–Crippen MR) is 108 cm³/mol. The summed E-state index contributed by atoms with van der Waals surface area (Å²) in [6, 6.07) is 5.11. The van der Waals surface area contributed by atoms with Crippen molar-refractivity contribution in [3.05, 3.63) is 23.8 Å². The number of carbonyl (C=O) groups is 1. The predicted octanol–water partition coefficient (Wildman–Crippen LogP) is 0.501. The van der Waals surface area contributed by atoms with Gasteiger partial charge in [-0.3, -0.25) is 4.79 Å². The zero-order valence-corrected chi connectivity index (χ0v) is 17.9. The minimum atomic E-state index is -3.71. The molecule has 1 amide bonds. The number of morpholine rings is 1. The number of halogens is 1. The van der Waals surface area contributed by atoms with Gasteiger partial charge in [-0.25, -0.2) is 8.42 Å². The molecule has 0 radical (unpaired) electrons. The highest BCUT2D eigenvalue weighted by Gasteiger charge is 2.30. The fourth-order valence-electron chi connectivity index (χ4n) is 3.43. The highest BCUT2D eigenvalue weighted by atomic mass is 35.5. The SMILES string of the molecule is COc1ccc(CC(=O)N(C)C2CCNC2)cc1S(=O)(=O)N1CCOCC1.Cl. The van der Waals surface area contributed by atoms with Crippen molar-refractivity contribution in [2.24, 2.45) is 0 Å². The van der Waals surface area contributed by atoms with Crippen LogP contribution in [0.2, 0.25) is 0 Å². The largest absolute Gasteiger partial charge is 0.495 e. The number of hydrogen-bond donors (Lipinski definition) is 1. The topological polar surface area (TPSA) is 88.2 Å². The first-order valence-corrected chi connectivity index (χ1v) is 10.6. The first-order valence-electron chi connectivity index (χ1n) is 9.14. The summed E-state index contributed by atoms with van der Waals surface area (Å²) in [6.07, 6.45) is 1.09. The van der Waals surface area contributed by atoms with Crippen molar-refractivity contribution in [2.45, 2.75) is 23.8 Å². The highest BCUT2D eigenvalue weighted by molar-refractivity contribution is 7.89. The van der Waals surface area contributed by atoms with Crippen molar-refractivity contribution < 1.29 is 22.7 Å². The summed E-state index contributed by atoms with van der Waals surface area (Å²) in [7, 11) is -0.461. The zero-order chi connectivity index (χ0) is 19.4. The molecule has 158 valence electrons. The van der Waals surface area contributed by atoms with Crippen LogP contribution in [0.15, 0.2) is 23.1 Å².